The number of carbonyl (C=O) groups is 2. The summed E-state index contributed by atoms with van der Waals surface area (Å²) >= 11 is 0. The second kappa shape index (κ2) is 5.28. The standard InChI is InChI=1S/C14H13N3O4/c18-13(19)12-7-9-3-1-2-4-11(9)17(12)14(20)15-8-10-5-6-21-16-10/h1-6,12H,7-8H2,(H,15,20)(H,18,19)/t12-/m0/s1. The Kier molecular flexibility index (Phi) is 3.31. The molecule has 108 valence electrons. The maximum Gasteiger partial charge on any atom is 0.327 e. The normalized spacial score (nSPS) is 16.6. The van der Waals surface area contributed by atoms with Crippen LogP contribution in [0.1, 0.15) is 11.3 Å². The average Bonchev–Trinajstić information content (AvgIpc) is 3.11. The molecule has 7 nitrogen and oxygen atoms in total. The zero-order valence-electron chi connectivity index (χ0n) is 11.0. The largest absolute Gasteiger partial charge is 0.480 e. The first-order valence-corrected chi connectivity index (χ1v) is 6.44. The van der Waals surface area contributed by atoms with Gasteiger partial charge in [0.15, 0.2) is 0 Å². The molecule has 0 spiro atoms. The lowest BCUT2D eigenvalue weighted by molar-refractivity contribution is -0.138. The minimum absolute atomic E-state index is 0.181. The van der Waals surface area contributed by atoms with E-state index in [0.717, 1.165) is 5.56 Å². The van der Waals surface area contributed by atoms with Gasteiger partial charge in [0, 0.05) is 18.2 Å². The summed E-state index contributed by atoms with van der Waals surface area (Å²) in [7, 11) is 0. The van der Waals surface area contributed by atoms with Crippen molar-refractivity contribution in [3.8, 4) is 0 Å². The molecule has 0 unspecified atom stereocenters. The number of hydrogen-bond donors (Lipinski definition) is 2. The van der Waals surface area contributed by atoms with Gasteiger partial charge in [0.05, 0.1) is 6.54 Å². The van der Waals surface area contributed by atoms with Gasteiger partial charge in [0.2, 0.25) is 0 Å². The predicted molar refractivity (Wildman–Crippen MR) is 72.8 cm³/mol. The molecule has 1 atom stereocenters. The molecule has 1 aliphatic heterocycles. The van der Waals surface area contributed by atoms with E-state index in [9.17, 15) is 14.7 Å². The topological polar surface area (TPSA) is 95.7 Å². The Hall–Kier alpha value is -2.83. The molecule has 0 aliphatic carbocycles. The molecule has 21 heavy (non-hydrogen) atoms. The summed E-state index contributed by atoms with van der Waals surface area (Å²) < 4.78 is 4.68. The quantitative estimate of drug-likeness (QED) is 0.889. The summed E-state index contributed by atoms with van der Waals surface area (Å²) in [5.74, 6) is -1.03. The van der Waals surface area contributed by atoms with Crippen molar-refractivity contribution in [2.45, 2.75) is 19.0 Å². The number of benzene rings is 1. The van der Waals surface area contributed by atoms with Crippen molar-refractivity contribution in [3.05, 3.63) is 47.9 Å². The van der Waals surface area contributed by atoms with Crippen LogP contribution in [0.5, 0.6) is 0 Å². The SMILES string of the molecule is O=C(O)[C@@H]1Cc2ccccc2N1C(=O)NCc1ccon1. The molecule has 0 bridgehead atoms. The molecule has 3 rings (SSSR count). The first-order valence-electron chi connectivity index (χ1n) is 6.44. The molecule has 1 aromatic carbocycles. The van der Waals surface area contributed by atoms with Crippen molar-refractivity contribution in [3.63, 3.8) is 0 Å². The second-order valence-electron chi connectivity index (χ2n) is 4.71. The Morgan fingerprint density at radius 1 is 1.38 bits per heavy atom. The Morgan fingerprint density at radius 3 is 2.90 bits per heavy atom. The molecule has 2 N–H and O–H groups in total. The van der Waals surface area contributed by atoms with Crippen LogP contribution < -0.4 is 10.2 Å². The van der Waals surface area contributed by atoms with Gasteiger partial charge in [-0.05, 0) is 11.6 Å². The number of carboxylic acid groups (broad SMARTS) is 1. The van der Waals surface area contributed by atoms with Crippen LogP contribution in [0, 0.1) is 0 Å². The molecular weight excluding hydrogens is 274 g/mol. The number of urea groups is 1. The number of carbonyl (C=O) groups excluding carboxylic acids is 1. The highest BCUT2D eigenvalue weighted by Crippen LogP contribution is 2.32. The highest BCUT2D eigenvalue weighted by molar-refractivity contribution is 6.00. The van der Waals surface area contributed by atoms with E-state index in [2.05, 4.69) is 15.0 Å². The lowest BCUT2D eigenvalue weighted by atomic mass is 10.1. The smallest absolute Gasteiger partial charge is 0.327 e. The minimum Gasteiger partial charge on any atom is -0.480 e. The fraction of sp³-hybridized carbons (Fsp3) is 0.214. The third-order valence-corrected chi connectivity index (χ3v) is 3.39. The molecule has 2 aromatic rings. The average molecular weight is 287 g/mol. The van der Waals surface area contributed by atoms with Gasteiger partial charge in [-0.15, -0.1) is 0 Å². The fourth-order valence-corrected chi connectivity index (χ4v) is 2.41. The predicted octanol–water partition coefficient (Wildman–Crippen LogP) is 1.40. The van der Waals surface area contributed by atoms with Crippen molar-refractivity contribution >= 4 is 17.7 Å². The number of hydrogen-bond acceptors (Lipinski definition) is 4. The van der Waals surface area contributed by atoms with E-state index in [-0.39, 0.29) is 6.54 Å². The van der Waals surface area contributed by atoms with E-state index in [1.54, 1.807) is 18.2 Å². The van der Waals surface area contributed by atoms with Crippen molar-refractivity contribution in [1.29, 1.82) is 0 Å². The van der Waals surface area contributed by atoms with Crippen LogP contribution in [0.4, 0.5) is 10.5 Å². The van der Waals surface area contributed by atoms with Crippen LogP contribution in [0.3, 0.4) is 0 Å². The third-order valence-electron chi connectivity index (χ3n) is 3.39. The van der Waals surface area contributed by atoms with Gasteiger partial charge in [-0.1, -0.05) is 23.4 Å². The van der Waals surface area contributed by atoms with Gasteiger partial charge < -0.3 is 14.9 Å². The van der Waals surface area contributed by atoms with E-state index < -0.39 is 18.0 Å². The molecule has 0 saturated carbocycles. The van der Waals surface area contributed by atoms with Gasteiger partial charge >= 0.3 is 12.0 Å². The fourth-order valence-electron chi connectivity index (χ4n) is 2.41. The summed E-state index contributed by atoms with van der Waals surface area (Å²) in [5.41, 5.74) is 2.05. The molecule has 0 saturated heterocycles. The van der Waals surface area contributed by atoms with E-state index in [0.29, 0.717) is 17.8 Å². The molecule has 0 fully saturated rings. The lowest BCUT2D eigenvalue weighted by Gasteiger charge is -2.22. The van der Waals surface area contributed by atoms with Gasteiger partial charge in [0.25, 0.3) is 0 Å². The molecule has 1 aromatic heterocycles. The molecule has 7 heteroatoms. The number of carboxylic acids is 1. The highest BCUT2D eigenvalue weighted by atomic mass is 16.5. The van der Waals surface area contributed by atoms with Crippen LogP contribution in [0.25, 0.3) is 0 Å². The molecule has 2 amide bonds. The lowest BCUT2D eigenvalue weighted by Crippen LogP contribution is -2.47. The summed E-state index contributed by atoms with van der Waals surface area (Å²) in [6.45, 7) is 0.181. The minimum atomic E-state index is -1.03. The van der Waals surface area contributed by atoms with E-state index in [1.165, 1.54) is 11.2 Å². The number of anilines is 1. The summed E-state index contributed by atoms with van der Waals surface area (Å²) in [4.78, 5) is 25.0. The molecule has 0 radical (unpaired) electrons. The molecule has 1 aliphatic rings. The number of nitrogens with zero attached hydrogens (tertiary/aromatic N) is 2. The first kappa shape index (κ1) is 13.2. The summed E-state index contributed by atoms with van der Waals surface area (Å²) in [6.07, 6.45) is 1.72. The van der Waals surface area contributed by atoms with Gasteiger partial charge in [0.1, 0.15) is 18.0 Å². The number of para-hydroxylation sites is 1. The monoisotopic (exact) mass is 287 g/mol. The maximum absolute atomic E-state index is 12.3. The van der Waals surface area contributed by atoms with Crippen LogP contribution in [0.2, 0.25) is 0 Å². The van der Waals surface area contributed by atoms with Crippen LogP contribution in [-0.4, -0.2) is 28.3 Å². The van der Waals surface area contributed by atoms with Crippen LogP contribution >= 0.6 is 0 Å². The Labute approximate surface area is 120 Å². The van der Waals surface area contributed by atoms with Gasteiger partial charge in [-0.2, -0.15) is 0 Å². The van der Waals surface area contributed by atoms with Crippen LogP contribution in [-0.2, 0) is 17.8 Å². The van der Waals surface area contributed by atoms with Crippen molar-refractivity contribution < 1.29 is 19.2 Å². The van der Waals surface area contributed by atoms with Gasteiger partial charge in [-0.25, -0.2) is 9.59 Å². The van der Waals surface area contributed by atoms with Crippen molar-refractivity contribution in [2.75, 3.05) is 4.90 Å². The Balaban J connectivity index is 1.80. The first-order chi connectivity index (χ1) is 10.2. The van der Waals surface area contributed by atoms with E-state index >= 15 is 0 Å². The van der Waals surface area contributed by atoms with E-state index in [4.69, 9.17) is 0 Å². The summed E-state index contributed by atoms with van der Waals surface area (Å²) in [6, 6.07) is 7.46. The number of rotatable bonds is 3. The number of amides is 2. The van der Waals surface area contributed by atoms with Gasteiger partial charge in [-0.3, -0.25) is 4.90 Å². The highest BCUT2D eigenvalue weighted by Gasteiger charge is 2.38. The zero-order valence-corrected chi connectivity index (χ0v) is 11.0. The summed E-state index contributed by atoms with van der Waals surface area (Å²) in [5, 5.41) is 15.7. The Bertz CT molecular complexity index is 669. The number of aromatic nitrogens is 1. The molecule has 2 heterocycles. The zero-order chi connectivity index (χ0) is 14.8. The van der Waals surface area contributed by atoms with E-state index in [1.807, 2.05) is 12.1 Å². The second-order valence-corrected chi connectivity index (χ2v) is 4.71. The number of nitrogens with one attached hydrogen (secondary N) is 1. The third kappa shape index (κ3) is 2.45. The van der Waals surface area contributed by atoms with Crippen LogP contribution in [0.15, 0.2) is 41.1 Å². The van der Waals surface area contributed by atoms with Crippen molar-refractivity contribution in [2.24, 2.45) is 0 Å². The Morgan fingerprint density at radius 2 is 2.19 bits per heavy atom. The number of fused-ring (bicyclic) bond motifs is 1. The maximum atomic E-state index is 12.3. The molecular formula is C14H13N3O4. The van der Waals surface area contributed by atoms with Crippen molar-refractivity contribution in [1.82, 2.24) is 10.5 Å². The number of aliphatic carboxylic acids is 1.